The molecule has 3 heterocycles. The molecule has 5 rings (SSSR count). The average molecular weight is 545 g/mol. The number of hydrogen-bond donors (Lipinski definition) is 1. The first-order valence-corrected chi connectivity index (χ1v) is 12.8. The Balaban J connectivity index is 1.42. The number of aliphatic imine (C=N–C) groups is 1. The smallest absolute Gasteiger partial charge is 0.335 e. The highest BCUT2D eigenvalue weighted by atomic mass is 35.5. The maximum atomic E-state index is 13.3. The first-order chi connectivity index (χ1) is 17.8. The number of carbonyl (C=O) groups excluding carboxylic acids is 1. The number of rotatable bonds is 8. The van der Waals surface area contributed by atoms with E-state index >= 15 is 0 Å². The van der Waals surface area contributed by atoms with E-state index in [-0.39, 0.29) is 22.5 Å². The molecule has 2 atom stereocenters. The van der Waals surface area contributed by atoms with Gasteiger partial charge in [0.1, 0.15) is 22.9 Å². The highest BCUT2D eigenvalue weighted by molar-refractivity contribution is 6.46. The van der Waals surface area contributed by atoms with Crippen LogP contribution in [0.15, 0.2) is 41.4 Å². The molecule has 0 amide bonds. The predicted octanol–water partition coefficient (Wildman–Crippen LogP) is 5.31. The maximum absolute atomic E-state index is 13.3. The summed E-state index contributed by atoms with van der Waals surface area (Å²) in [5, 5.41) is 10.4. The van der Waals surface area contributed by atoms with Crippen LogP contribution in [-0.2, 0) is 22.1 Å². The summed E-state index contributed by atoms with van der Waals surface area (Å²) in [5.41, 5.74) is 1.31. The molecule has 0 aliphatic carbocycles. The summed E-state index contributed by atoms with van der Waals surface area (Å²) in [6, 6.07) is 9.98. The highest BCUT2D eigenvalue weighted by Crippen LogP contribution is 2.40. The number of hydrogen-bond acceptors (Lipinski definition) is 6. The number of carboxylic acid groups (broad SMARTS) is 1. The van der Waals surface area contributed by atoms with Gasteiger partial charge < -0.3 is 23.9 Å². The van der Waals surface area contributed by atoms with Gasteiger partial charge in [-0.3, -0.25) is 9.79 Å². The SMILES string of the molecule is Cn1c(C(=O)/C=N/C2(c3ccc(C(=O)O)cc3)CCOC2)cc2c(Cl)c(Cl)c(OCC3CCCO3)cc21. The number of fused-ring (bicyclic) bond motifs is 1. The number of aromatic nitrogens is 1. The van der Waals surface area contributed by atoms with Gasteiger partial charge in [-0.1, -0.05) is 35.3 Å². The van der Waals surface area contributed by atoms with E-state index in [1.165, 1.54) is 18.3 Å². The lowest BCUT2D eigenvalue weighted by Gasteiger charge is -2.23. The third kappa shape index (κ3) is 4.99. The summed E-state index contributed by atoms with van der Waals surface area (Å²) in [5.74, 6) is -0.867. The molecule has 1 N–H and O–H groups in total. The Kier molecular flexibility index (Phi) is 7.27. The minimum atomic E-state index is -1.00. The summed E-state index contributed by atoms with van der Waals surface area (Å²) in [6.07, 6.45) is 3.85. The number of aryl methyl sites for hydroxylation is 1. The molecular formula is C27H26Cl2N2O6. The van der Waals surface area contributed by atoms with Crippen LogP contribution in [-0.4, -0.2) is 60.2 Å². The number of ketones is 1. The van der Waals surface area contributed by atoms with E-state index in [0.29, 0.717) is 53.6 Å². The number of carboxylic acids is 1. The van der Waals surface area contributed by atoms with E-state index in [1.807, 2.05) is 0 Å². The van der Waals surface area contributed by atoms with E-state index in [0.717, 1.165) is 25.0 Å². The van der Waals surface area contributed by atoms with E-state index in [1.54, 1.807) is 35.9 Å². The van der Waals surface area contributed by atoms with Crippen LogP contribution in [0.3, 0.4) is 0 Å². The van der Waals surface area contributed by atoms with Gasteiger partial charge in [0.25, 0.3) is 0 Å². The number of benzene rings is 2. The molecule has 2 saturated heterocycles. The summed E-state index contributed by atoms with van der Waals surface area (Å²) in [7, 11) is 1.77. The van der Waals surface area contributed by atoms with E-state index in [4.69, 9.17) is 37.4 Å². The third-order valence-electron chi connectivity index (χ3n) is 6.99. The molecule has 8 nitrogen and oxygen atoms in total. The van der Waals surface area contributed by atoms with Crippen molar-refractivity contribution in [2.24, 2.45) is 12.0 Å². The Bertz CT molecular complexity index is 1370. The van der Waals surface area contributed by atoms with Gasteiger partial charge in [-0.15, -0.1) is 0 Å². The highest BCUT2D eigenvalue weighted by Gasteiger charge is 2.36. The molecule has 2 aliphatic rings. The van der Waals surface area contributed by atoms with Crippen LogP contribution in [0.1, 0.15) is 45.7 Å². The van der Waals surface area contributed by atoms with Crippen LogP contribution in [0.2, 0.25) is 10.0 Å². The first kappa shape index (κ1) is 25.7. The molecule has 0 radical (unpaired) electrons. The van der Waals surface area contributed by atoms with Gasteiger partial charge in [-0.2, -0.15) is 0 Å². The fraction of sp³-hybridized carbons (Fsp3) is 0.370. The van der Waals surface area contributed by atoms with Crippen molar-refractivity contribution in [2.45, 2.75) is 30.9 Å². The molecule has 37 heavy (non-hydrogen) atoms. The van der Waals surface area contributed by atoms with Crippen LogP contribution < -0.4 is 4.74 Å². The maximum Gasteiger partial charge on any atom is 0.335 e. The van der Waals surface area contributed by atoms with Gasteiger partial charge in [0.05, 0.1) is 40.7 Å². The molecule has 1 aromatic heterocycles. The fourth-order valence-electron chi connectivity index (χ4n) is 4.81. The zero-order chi connectivity index (χ0) is 26.2. The first-order valence-electron chi connectivity index (χ1n) is 12.0. The van der Waals surface area contributed by atoms with E-state index < -0.39 is 11.5 Å². The summed E-state index contributed by atoms with van der Waals surface area (Å²) >= 11 is 13.1. The number of nitrogens with zero attached hydrogens (tertiary/aromatic N) is 2. The second-order valence-corrected chi connectivity index (χ2v) is 10.1. The molecule has 2 unspecified atom stereocenters. The molecule has 0 bridgehead atoms. The fourth-order valence-corrected chi connectivity index (χ4v) is 5.27. The van der Waals surface area contributed by atoms with Crippen molar-refractivity contribution < 1.29 is 28.9 Å². The van der Waals surface area contributed by atoms with Crippen molar-refractivity contribution in [3.63, 3.8) is 0 Å². The Morgan fingerprint density at radius 3 is 2.65 bits per heavy atom. The van der Waals surface area contributed by atoms with Crippen molar-refractivity contribution in [1.82, 2.24) is 4.57 Å². The van der Waals surface area contributed by atoms with Gasteiger partial charge in [0.15, 0.2) is 0 Å². The van der Waals surface area contributed by atoms with Gasteiger partial charge in [0, 0.05) is 38.1 Å². The van der Waals surface area contributed by atoms with Crippen LogP contribution >= 0.6 is 23.2 Å². The van der Waals surface area contributed by atoms with Gasteiger partial charge in [0.2, 0.25) is 5.78 Å². The number of Topliss-reactive ketones (excluding diaryl/α,β-unsaturated/α-hetero) is 1. The minimum Gasteiger partial charge on any atom is -0.489 e. The van der Waals surface area contributed by atoms with Crippen molar-refractivity contribution in [1.29, 1.82) is 0 Å². The zero-order valence-electron chi connectivity index (χ0n) is 20.2. The summed E-state index contributed by atoms with van der Waals surface area (Å²) in [4.78, 5) is 29.2. The number of halogens is 2. The second-order valence-electron chi connectivity index (χ2n) is 9.31. The Hall–Kier alpha value is -2.91. The molecule has 2 fully saturated rings. The molecule has 10 heteroatoms. The number of aromatic carboxylic acids is 1. The zero-order valence-corrected chi connectivity index (χ0v) is 21.7. The molecule has 0 spiro atoms. The van der Waals surface area contributed by atoms with Crippen molar-refractivity contribution >= 4 is 52.1 Å². The van der Waals surface area contributed by atoms with Gasteiger partial charge in [-0.05, 0) is 36.6 Å². The Labute approximate surface area is 223 Å². The van der Waals surface area contributed by atoms with E-state index in [9.17, 15) is 14.7 Å². The third-order valence-corrected chi connectivity index (χ3v) is 7.86. The van der Waals surface area contributed by atoms with Crippen molar-refractivity contribution in [3.8, 4) is 5.75 Å². The lowest BCUT2D eigenvalue weighted by molar-refractivity contribution is 0.0680. The standard InChI is InChI=1S/C27H26Cl2N2O6/c1-31-20-12-23(37-14-18-3-2-9-36-18)25(29)24(28)19(20)11-21(31)22(32)13-30-27(8-10-35-15-27)17-6-4-16(5-7-17)26(33)34/h4-7,11-13,18H,2-3,8-10,14-15H2,1H3,(H,33,34)/b30-13+. The number of ether oxygens (including phenoxy) is 3. The largest absolute Gasteiger partial charge is 0.489 e. The topological polar surface area (TPSA) is 99.4 Å². The second kappa shape index (κ2) is 10.5. The molecular weight excluding hydrogens is 519 g/mol. The lowest BCUT2D eigenvalue weighted by atomic mass is 9.89. The van der Waals surface area contributed by atoms with Crippen molar-refractivity contribution in [3.05, 3.63) is 63.3 Å². The molecule has 2 aliphatic heterocycles. The lowest BCUT2D eigenvalue weighted by Crippen LogP contribution is -2.25. The van der Waals surface area contributed by atoms with Crippen molar-refractivity contribution in [2.75, 3.05) is 26.4 Å². The van der Waals surface area contributed by atoms with Crippen LogP contribution in [0.5, 0.6) is 5.75 Å². The quantitative estimate of drug-likeness (QED) is 0.304. The van der Waals surface area contributed by atoms with Crippen LogP contribution in [0, 0.1) is 0 Å². The summed E-state index contributed by atoms with van der Waals surface area (Å²) in [6.45, 7) is 1.89. The van der Waals surface area contributed by atoms with Crippen LogP contribution in [0.4, 0.5) is 0 Å². The Morgan fingerprint density at radius 1 is 1.22 bits per heavy atom. The average Bonchev–Trinajstić information content (AvgIpc) is 3.66. The van der Waals surface area contributed by atoms with Gasteiger partial charge >= 0.3 is 5.97 Å². The molecule has 2 aromatic carbocycles. The number of carbonyl (C=O) groups is 2. The minimum absolute atomic E-state index is 0.0273. The van der Waals surface area contributed by atoms with E-state index in [2.05, 4.69) is 4.99 Å². The molecule has 3 aromatic rings. The normalized spacial score (nSPS) is 21.8. The van der Waals surface area contributed by atoms with Crippen LogP contribution in [0.25, 0.3) is 10.9 Å². The van der Waals surface area contributed by atoms with Gasteiger partial charge in [-0.25, -0.2) is 4.79 Å². The summed E-state index contributed by atoms with van der Waals surface area (Å²) < 4.78 is 18.9. The molecule has 194 valence electrons. The molecule has 0 saturated carbocycles. The Morgan fingerprint density at radius 2 is 2.00 bits per heavy atom. The monoisotopic (exact) mass is 544 g/mol. The predicted molar refractivity (Wildman–Crippen MR) is 141 cm³/mol.